The fraction of sp³-hybridized carbons (Fsp3) is 0.321. The van der Waals surface area contributed by atoms with Crippen LogP contribution in [0.3, 0.4) is 0 Å². The number of fused-ring (bicyclic) bond motifs is 1. The summed E-state index contributed by atoms with van der Waals surface area (Å²) in [6.45, 7) is 4.18. The highest BCUT2D eigenvalue weighted by atomic mass is 32.2. The molecule has 0 radical (unpaired) electrons. The maximum absolute atomic E-state index is 13.5. The van der Waals surface area contributed by atoms with Gasteiger partial charge in [-0.1, -0.05) is 54.6 Å². The number of amides is 1. The molecule has 0 bridgehead atoms. The second kappa shape index (κ2) is 11.1. The first-order valence-corrected chi connectivity index (χ1v) is 13.5. The lowest BCUT2D eigenvalue weighted by molar-refractivity contribution is -0.123. The predicted octanol–water partition coefficient (Wildman–Crippen LogP) is 4.48. The molecule has 1 aliphatic rings. The fourth-order valence-corrected chi connectivity index (χ4v) is 5.86. The minimum atomic E-state index is -3.95. The van der Waals surface area contributed by atoms with Gasteiger partial charge in [-0.2, -0.15) is 4.72 Å². The lowest BCUT2D eigenvalue weighted by atomic mass is 9.87. The van der Waals surface area contributed by atoms with Gasteiger partial charge < -0.3 is 10.1 Å². The van der Waals surface area contributed by atoms with E-state index in [2.05, 4.69) is 16.1 Å². The van der Waals surface area contributed by atoms with Gasteiger partial charge in [0, 0.05) is 0 Å². The molecule has 7 heteroatoms. The van der Waals surface area contributed by atoms with Crippen molar-refractivity contribution in [2.75, 3.05) is 6.61 Å². The molecule has 0 heterocycles. The van der Waals surface area contributed by atoms with Gasteiger partial charge in [-0.3, -0.25) is 4.79 Å². The summed E-state index contributed by atoms with van der Waals surface area (Å²) >= 11 is 0. The highest BCUT2D eigenvalue weighted by molar-refractivity contribution is 7.89. The SMILES string of the molecule is CCOc1ccc(S(=O)(=O)N[C@@H](Cc2ccccc2)C(=O)N[C@H]2CCCc3ccccc32)cc1C. The number of hydrogen-bond donors (Lipinski definition) is 2. The number of carbonyl (C=O) groups excluding carboxylic acids is 1. The Morgan fingerprint density at radius 3 is 2.54 bits per heavy atom. The van der Waals surface area contributed by atoms with Crippen LogP contribution in [0.1, 0.15) is 48.1 Å². The Morgan fingerprint density at radius 1 is 1.06 bits per heavy atom. The summed E-state index contributed by atoms with van der Waals surface area (Å²) in [5, 5.41) is 3.12. The van der Waals surface area contributed by atoms with Gasteiger partial charge >= 0.3 is 0 Å². The summed E-state index contributed by atoms with van der Waals surface area (Å²) in [6, 6.07) is 21.2. The van der Waals surface area contributed by atoms with Crippen molar-refractivity contribution in [3.63, 3.8) is 0 Å². The number of nitrogens with one attached hydrogen (secondary N) is 2. The summed E-state index contributed by atoms with van der Waals surface area (Å²) in [7, 11) is -3.95. The number of rotatable bonds is 9. The van der Waals surface area contributed by atoms with Crippen LogP contribution < -0.4 is 14.8 Å². The number of benzene rings is 3. The standard InChI is InChI=1S/C28H32N2O4S/c1-3-34-27-17-16-23(18-20(27)2)35(32,33)30-26(19-21-10-5-4-6-11-21)28(31)29-25-15-9-13-22-12-7-8-14-24(22)25/h4-8,10-12,14,16-18,25-26,30H,3,9,13,15,19H2,1-2H3,(H,29,31)/t25-,26-/m0/s1. The largest absolute Gasteiger partial charge is 0.494 e. The third-order valence-electron chi connectivity index (χ3n) is 6.34. The molecule has 0 saturated carbocycles. The van der Waals surface area contributed by atoms with E-state index in [0.717, 1.165) is 36.0 Å². The lowest BCUT2D eigenvalue weighted by Crippen LogP contribution is -2.49. The molecule has 184 valence electrons. The third kappa shape index (κ3) is 6.10. The Bertz CT molecular complexity index is 1280. The molecule has 0 spiro atoms. The van der Waals surface area contributed by atoms with Crippen LogP contribution >= 0.6 is 0 Å². The number of aryl methyl sites for hydroxylation is 2. The van der Waals surface area contributed by atoms with Crippen LogP contribution in [0.2, 0.25) is 0 Å². The molecule has 4 rings (SSSR count). The Kier molecular flexibility index (Phi) is 7.88. The minimum Gasteiger partial charge on any atom is -0.494 e. The van der Waals surface area contributed by atoms with Crippen molar-refractivity contribution in [1.29, 1.82) is 0 Å². The van der Waals surface area contributed by atoms with E-state index in [9.17, 15) is 13.2 Å². The molecule has 35 heavy (non-hydrogen) atoms. The van der Waals surface area contributed by atoms with Gasteiger partial charge in [-0.15, -0.1) is 0 Å². The van der Waals surface area contributed by atoms with E-state index >= 15 is 0 Å². The molecule has 0 saturated heterocycles. The first-order valence-electron chi connectivity index (χ1n) is 12.0. The van der Waals surface area contributed by atoms with Gasteiger partial charge in [0.15, 0.2) is 0 Å². The summed E-state index contributed by atoms with van der Waals surface area (Å²) in [5.74, 6) is 0.308. The number of ether oxygens (including phenoxy) is 1. The Morgan fingerprint density at radius 2 is 1.80 bits per heavy atom. The van der Waals surface area contributed by atoms with Crippen molar-refractivity contribution in [2.45, 2.75) is 56.5 Å². The highest BCUT2D eigenvalue weighted by Crippen LogP contribution is 2.29. The molecule has 6 nitrogen and oxygen atoms in total. The summed E-state index contributed by atoms with van der Waals surface area (Å²) in [5.41, 5.74) is 3.93. The first kappa shape index (κ1) is 24.9. The van der Waals surface area contributed by atoms with E-state index in [-0.39, 0.29) is 23.3 Å². The maximum atomic E-state index is 13.5. The Balaban J connectivity index is 1.58. The predicted molar refractivity (Wildman–Crippen MR) is 137 cm³/mol. The molecule has 0 aromatic heterocycles. The molecule has 1 aliphatic carbocycles. The van der Waals surface area contributed by atoms with Crippen molar-refractivity contribution >= 4 is 15.9 Å². The van der Waals surface area contributed by atoms with E-state index in [0.29, 0.717) is 12.4 Å². The van der Waals surface area contributed by atoms with Crippen molar-refractivity contribution in [2.24, 2.45) is 0 Å². The Labute approximate surface area is 207 Å². The van der Waals surface area contributed by atoms with E-state index in [4.69, 9.17) is 4.74 Å². The van der Waals surface area contributed by atoms with Gasteiger partial charge in [-0.25, -0.2) is 8.42 Å². The molecule has 2 atom stereocenters. The zero-order valence-corrected chi connectivity index (χ0v) is 21.0. The zero-order chi connectivity index (χ0) is 24.8. The molecule has 0 unspecified atom stereocenters. The van der Waals surface area contributed by atoms with Crippen LogP contribution in [-0.4, -0.2) is 27.0 Å². The average Bonchev–Trinajstić information content (AvgIpc) is 2.85. The Hall–Kier alpha value is -3.16. The number of sulfonamides is 1. The number of hydrogen-bond acceptors (Lipinski definition) is 4. The summed E-state index contributed by atoms with van der Waals surface area (Å²) < 4.78 is 34.8. The molecule has 2 N–H and O–H groups in total. The van der Waals surface area contributed by atoms with Crippen LogP contribution in [0.25, 0.3) is 0 Å². The van der Waals surface area contributed by atoms with Crippen molar-refractivity contribution in [1.82, 2.24) is 10.0 Å². The lowest BCUT2D eigenvalue weighted by Gasteiger charge is -2.28. The highest BCUT2D eigenvalue weighted by Gasteiger charge is 2.29. The second-order valence-corrected chi connectivity index (χ2v) is 10.6. The van der Waals surface area contributed by atoms with Crippen molar-refractivity contribution in [3.8, 4) is 5.75 Å². The molecular weight excluding hydrogens is 460 g/mol. The second-order valence-electron chi connectivity index (χ2n) is 8.88. The molecule has 0 aliphatic heterocycles. The number of carbonyl (C=O) groups is 1. The molecule has 1 amide bonds. The van der Waals surface area contributed by atoms with Gasteiger partial charge in [0.05, 0.1) is 17.5 Å². The minimum absolute atomic E-state index is 0.104. The van der Waals surface area contributed by atoms with Gasteiger partial charge in [-0.05, 0) is 80.0 Å². The van der Waals surface area contributed by atoms with Crippen LogP contribution in [0, 0.1) is 6.92 Å². The summed E-state index contributed by atoms with van der Waals surface area (Å²) in [6.07, 6.45) is 3.03. The van der Waals surface area contributed by atoms with E-state index in [1.165, 1.54) is 11.6 Å². The monoisotopic (exact) mass is 492 g/mol. The van der Waals surface area contributed by atoms with Crippen molar-refractivity contribution in [3.05, 3.63) is 95.1 Å². The maximum Gasteiger partial charge on any atom is 0.241 e. The van der Waals surface area contributed by atoms with Crippen molar-refractivity contribution < 1.29 is 17.9 Å². The molecule has 3 aromatic carbocycles. The topological polar surface area (TPSA) is 84.5 Å². The van der Waals surface area contributed by atoms with E-state index < -0.39 is 16.1 Å². The summed E-state index contributed by atoms with van der Waals surface area (Å²) in [4.78, 5) is 13.6. The normalized spacial score (nSPS) is 16.2. The van der Waals surface area contributed by atoms with Gasteiger partial charge in [0.2, 0.25) is 15.9 Å². The quantitative estimate of drug-likeness (QED) is 0.461. The van der Waals surface area contributed by atoms with E-state index in [1.54, 1.807) is 19.1 Å². The molecule has 3 aromatic rings. The van der Waals surface area contributed by atoms with Crippen LogP contribution in [0.5, 0.6) is 5.75 Å². The van der Waals surface area contributed by atoms with Gasteiger partial charge in [0.25, 0.3) is 0 Å². The van der Waals surface area contributed by atoms with Gasteiger partial charge in [0.1, 0.15) is 11.8 Å². The smallest absolute Gasteiger partial charge is 0.241 e. The van der Waals surface area contributed by atoms with Crippen LogP contribution in [-0.2, 0) is 27.7 Å². The fourth-order valence-electron chi connectivity index (χ4n) is 4.58. The molecular formula is C28H32N2O4S. The third-order valence-corrected chi connectivity index (χ3v) is 7.81. The zero-order valence-electron chi connectivity index (χ0n) is 20.2. The molecule has 0 fully saturated rings. The van der Waals surface area contributed by atoms with Crippen LogP contribution in [0.4, 0.5) is 0 Å². The van der Waals surface area contributed by atoms with E-state index in [1.807, 2.05) is 55.5 Å². The first-order chi connectivity index (χ1) is 16.9. The average molecular weight is 493 g/mol. The van der Waals surface area contributed by atoms with Crippen LogP contribution in [0.15, 0.2) is 77.7 Å².